The van der Waals surface area contributed by atoms with Gasteiger partial charge in [0.2, 0.25) is 5.91 Å². The second-order valence-corrected chi connectivity index (χ2v) is 6.95. The molecule has 4 heteroatoms. The van der Waals surface area contributed by atoms with Gasteiger partial charge in [-0.25, -0.2) is 0 Å². The molecule has 1 heterocycles. The van der Waals surface area contributed by atoms with E-state index in [-0.39, 0.29) is 17.4 Å². The van der Waals surface area contributed by atoms with Crippen molar-refractivity contribution in [3.63, 3.8) is 0 Å². The molecule has 1 aliphatic heterocycles. The summed E-state index contributed by atoms with van der Waals surface area (Å²) in [7, 11) is 0. The van der Waals surface area contributed by atoms with Crippen molar-refractivity contribution in [2.75, 3.05) is 19.8 Å². The molecule has 19 heavy (non-hydrogen) atoms. The van der Waals surface area contributed by atoms with Crippen LogP contribution in [0.1, 0.15) is 46.5 Å². The van der Waals surface area contributed by atoms with Gasteiger partial charge in [0.25, 0.3) is 0 Å². The number of carbonyl (C=O) groups is 1. The van der Waals surface area contributed by atoms with E-state index in [2.05, 4.69) is 31.4 Å². The lowest BCUT2D eigenvalue weighted by molar-refractivity contribution is -0.127. The molecule has 2 fully saturated rings. The topological polar surface area (TPSA) is 50.4 Å². The van der Waals surface area contributed by atoms with Crippen LogP contribution in [-0.2, 0) is 9.53 Å². The van der Waals surface area contributed by atoms with Crippen LogP contribution in [0.5, 0.6) is 0 Å². The molecule has 0 spiro atoms. The Bertz CT molecular complexity index is 306. The third-order valence-corrected chi connectivity index (χ3v) is 4.44. The van der Waals surface area contributed by atoms with E-state index in [1.807, 2.05) is 0 Å². The van der Waals surface area contributed by atoms with E-state index in [1.54, 1.807) is 0 Å². The molecular formula is C15H28N2O2. The van der Waals surface area contributed by atoms with Crippen molar-refractivity contribution >= 4 is 5.91 Å². The minimum absolute atomic E-state index is 0.112. The SMILES string of the molecule is CC(C)(C)C1CCCCC1NC(=O)C1COCCN1. The molecule has 1 amide bonds. The second kappa shape index (κ2) is 6.23. The van der Waals surface area contributed by atoms with Crippen LogP contribution in [0.25, 0.3) is 0 Å². The summed E-state index contributed by atoms with van der Waals surface area (Å²) < 4.78 is 5.36. The Morgan fingerprint density at radius 2 is 2.00 bits per heavy atom. The number of morpholine rings is 1. The van der Waals surface area contributed by atoms with Gasteiger partial charge in [0, 0.05) is 12.6 Å². The molecule has 2 aliphatic rings. The molecule has 0 aromatic carbocycles. The van der Waals surface area contributed by atoms with Crippen LogP contribution in [0.2, 0.25) is 0 Å². The molecule has 3 atom stereocenters. The summed E-state index contributed by atoms with van der Waals surface area (Å²) in [4.78, 5) is 12.3. The van der Waals surface area contributed by atoms with E-state index < -0.39 is 0 Å². The largest absolute Gasteiger partial charge is 0.378 e. The van der Waals surface area contributed by atoms with E-state index in [9.17, 15) is 4.79 Å². The average molecular weight is 268 g/mol. The van der Waals surface area contributed by atoms with Gasteiger partial charge in [-0.15, -0.1) is 0 Å². The molecule has 2 N–H and O–H groups in total. The van der Waals surface area contributed by atoms with Gasteiger partial charge in [-0.05, 0) is 24.2 Å². The van der Waals surface area contributed by atoms with Gasteiger partial charge in [0.15, 0.2) is 0 Å². The van der Waals surface area contributed by atoms with Crippen molar-refractivity contribution in [1.29, 1.82) is 0 Å². The first kappa shape index (κ1) is 14.8. The van der Waals surface area contributed by atoms with Gasteiger partial charge in [-0.3, -0.25) is 4.79 Å². The second-order valence-electron chi connectivity index (χ2n) is 6.95. The van der Waals surface area contributed by atoms with Crippen molar-refractivity contribution in [2.24, 2.45) is 11.3 Å². The van der Waals surface area contributed by atoms with Crippen molar-refractivity contribution in [3.8, 4) is 0 Å². The molecule has 2 rings (SSSR count). The van der Waals surface area contributed by atoms with E-state index in [0.717, 1.165) is 13.0 Å². The predicted molar refractivity (Wildman–Crippen MR) is 76.0 cm³/mol. The van der Waals surface area contributed by atoms with Crippen LogP contribution in [-0.4, -0.2) is 37.7 Å². The number of hydrogen-bond acceptors (Lipinski definition) is 3. The summed E-state index contributed by atoms with van der Waals surface area (Å²) in [6, 6.07) is 0.154. The lowest BCUT2D eigenvalue weighted by atomic mass is 9.69. The van der Waals surface area contributed by atoms with E-state index >= 15 is 0 Å². The zero-order chi connectivity index (χ0) is 13.9. The third kappa shape index (κ3) is 3.93. The monoisotopic (exact) mass is 268 g/mol. The fraction of sp³-hybridized carbons (Fsp3) is 0.933. The minimum atomic E-state index is -0.170. The van der Waals surface area contributed by atoms with Crippen molar-refractivity contribution in [1.82, 2.24) is 10.6 Å². The fourth-order valence-corrected chi connectivity index (χ4v) is 3.36. The Morgan fingerprint density at radius 1 is 1.26 bits per heavy atom. The van der Waals surface area contributed by atoms with Crippen molar-refractivity contribution in [3.05, 3.63) is 0 Å². The standard InChI is InChI=1S/C15H28N2O2/c1-15(2,3)11-6-4-5-7-12(11)17-14(18)13-10-19-9-8-16-13/h11-13,16H,4-10H2,1-3H3,(H,17,18). The Hall–Kier alpha value is -0.610. The molecule has 110 valence electrons. The zero-order valence-electron chi connectivity index (χ0n) is 12.5. The summed E-state index contributed by atoms with van der Waals surface area (Å²) in [6.45, 7) is 8.82. The quantitative estimate of drug-likeness (QED) is 0.801. The molecular weight excluding hydrogens is 240 g/mol. The van der Waals surface area contributed by atoms with Gasteiger partial charge in [0.1, 0.15) is 6.04 Å². The third-order valence-electron chi connectivity index (χ3n) is 4.44. The van der Waals surface area contributed by atoms with Crippen LogP contribution in [0, 0.1) is 11.3 Å². The molecule has 0 aromatic heterocycles. The lowest BCUT2D eigenvalue weighted by Crippen LogP contribution is -2.56. The first-order chi connectivity index (χ1) is 8.98. The Labute approximate surface area is 116 Å². The van der Waals surface area contributed by atoms with Gasteiger partial charge < -0.3 is 15.4 Å². The maximum absolute atomic E-state index is 12.3. The first-order valence-electron chi connectivity index (χ1n) is 7.60. The normalized spacial score (nSPS) is 32.9. The molecule has 0 radical (unpaired) electrons. The Balaban J connectivity index is 1.93. The summed E-state index contributed by atoms with van der Waals surface area (Å²) >= 11 is 0. The van der Waals surface area contributed by atoms with Crippen LogP contribution < -0.4 is 10.6 Å². The van der Waals surface area contributed by atoms with Gasteiger partial charge >= 0.3 is 0 Å². The van der Waals surface area contributed by atoms with Crippen LogP contribution in [0.15, 0.2) is 0 Å². The average Bonchev–Trinajstić information content (AvgIpc) is 2.39. The number of ether oxygens (including phenoxy) is 1. The van der Waals surface area contributed by atoms with Gasteiger partial charge in [-0.2, -0.15) is 0 Å². The maximum atomic E-state index is 12.3. The van der Waals surface area contributed by atoms with Crippen molar-refractivity contribution < 1.29 is 9.53 Å². The van der Waals surface area contributed by atoms with Crippen LogP contribution in [0.4, 0.5) is 0 Å². The molecule has 4 nitrogen and oxygen atoms in total. The molecule has 1 saturated heterocycles. The molecule has 0 aromatic rings. The summed E-state index contributed by atoms with van der Waals surface area (Å²) in [6.07, 6.45) is 4.86. The van der Waals surface area contributed by atoms with Gasteiger partial charge in [-0.1, -0.05) is 33.6 Å². The number of rotatable bonds is 2. The van der Waals surface area contributed by atoms with E-state index in [0.29, 0.717) is 25.2 Å². The maximum Gasteiger partial charge on any atom is 0.239 e. The molecule has 1 aliphatic carbocycles. The number of carbonyl (C=O) groups excluding carboxylic acids is 1. The highest BCUT2D eigenvalue weighted by Crippen LogP contribution is 2.37. The number of hydrogen-bond donors (Lipinski definition) is 2. The van der Waals surface area contributed by atoms with Gasteiger partial charge in [0.05, 0.1) is 13.2 Å². The summed E-state index contributed by atoms with van der Waals surface area (Å²) in [5.41, 5.74) is 0.259. The highest BCUT2D eigenvalue weighted by molar-refractivity contribution is 5.82. The van der Waals surface area contributed by atoms with E-state index in [1.165, 1.54) is 19.3 Å². The fourth-order valence-electron chi connectivity index (χ4n) is 3.36. The molecule has 1 saturated carbocycles. The number of amides is 1. The molecule has 3 unspecified atom stereocenters. The summed E-state index contributed by atoms with van der Waals surface area (Å²) in [5.74, 6) is 0.690. The highest BCUT2D eigenvalue weighted by Gasteiger charge is 2.36. The van der Waals surface area contributed by atoms with E-state index in [4.69, 9.17) is 4.74 Å². The predicted octanol–water partition coefficient (Wildman–Crippen LogP) is 1.70. The first-order valence-corrected chi connectivity index (χ1v) is 7.60. The Morgan fingerprint density at radius 3 is 2.63 bits per heavy atom. The minimum Gasteiger partial charge on any atom is -0.378 e. The number of nitrogens with one attached hydrogen (secondary N) is 2. The lowest BCUT2D eigenvalue weighted by Gasteiger charge is -2.41. The van der Waals surface area contributed by atoms with Crippen LogP contribution >= 0.6 is 0 Å². The smallest absolute Gasteiger partial charge is 0.239 e. The zero-order valence-corrected chi connectivity index (χ0v) is 12.5. The Kier molecular flexibility index (Phi) is 4.85. The summed E-state index contributed by atoms with van der Waals surface area (Å²) in [5, 5.41) is 6.49. The van der Waals surface area contributed by atoms with Crippen LogP contribution in [0.3, 0.4) is 0 Å². The highest BCUT2D eigenvalue weighted by atomic mass is 16.5. The van der Waals surface area contributed by atoms with Crippen molar-refractivity contribution in [2.45, 2.75) is 58.5 Å². The molecule has 0 bridgehead atoms.